The van der Waals surface area contributed by atoms with Crippen LogP contribution in [0.15, 0.2) is 0 Å². The Kier molecular flexibility index (Phi) is 11.5. The number of hydrogen-bond acceptors (Lipinski definition) is 2. The minimum atomic E-state index is -0.0255. The summed E-state index contributed by atoms with van der Waals surface area (Å²) in [4.78, 5) is 10.5. The van der Waals surface area contributed by atoms with Crippen LogP contribution in [0.4, 0.5) is 0 Å². The first-order valence-corrected chi connectivity index (χ1v) is 3.05. The second-order valence-electron chi connectivity index (χ2n) is 2.03. The van der Waals surface area contributed by atoms with Gasteiger partial charge in [-0.15, -0.1) is 0 Å². The van der Waals surface area contributed by atoms with E-state index in [0.29, 0.717) is 13.0 Å². The van der Waals surface area contributed by atoms with Gasteiger partial charge in [0.05, 0.1) is 6.61 Å². The number of carbonyl (C=O) groups excluding carboxylic acids is 1. The molecule has 1 heterocycles. The van der Waals surface area contributed by atoms with E-state index in [1.165, 1.54) is 0 Å². The molecule has 0 amide bonds. The molecule has 0 N–H and O–H groups in total. The molecule has 4 heteroatoms. The Morgan fingerprint density at radius 2 is 1.90 bits per heavy atom. The van der Waals surface area contributed by atoms with Crippen LogP contribution < -0.4 is 0 Å². The van der Waals surface area contributed by atoms with Gasteiger partial charge < -0.3 is 4.74 Å². The number of rotatable bonds is 0. The van der Waals surface area contributed by atoms with Gasteiger partial charge in [0.15, 0.2) is 0 Å². The minimum absolute atomic E-state index is 0. The van der Waals surface area contributed by atoms with Gasteiger partial charge in [-0.2, -0.15) is 0 Å². The van der Waals surface area contributed by atoms with Crippen LogP contribution in [0.3, 0.4) is 0 Å². The number of hydrogen-bond donors (Lipinski definition) is 0. The normalized spacial score (nSPS) is 17.4. The molecule has 0 aromatic heterocycles. The van der Waals surface area contributed by atoms with Crippen LogP contribution in [0.1, 0.15) is 25.7 Å². The van der Waals surface area contributed by atoms with Gasteiger partial charge in [0, 0.05) is 6.42 Å². The SMILES string of the molecule is O=C1CCCCCO1.[BiH3].[InH3]. The maximum atomic E-state index is 10.5. The molecule has 0 aromatic carbocycles. The average molecular weight is 444 g/mol. The summed E-state index contributed by atoms with van der Waals surface area (Å²) in [5.41, 5.74) is 0. The molecule has 0 saturated carbocycles. The molecule has 0 spiro atoms. The van der Waals surface area contributed by atoms with E-state index in [2.05, 4.69) is 0 Å². The van der Waals surface area contributed by atoms with Gasteiger partial charge in [0.2, 0.25) is 0 Å². The second-order valence-corrected chi connectivity index (χ2v) is 2.03. The molecular formula is C6H16BiInO2. The fourth-order valence-electron chi connectivity index (χ4n) is 0.806. The molecule has 1 aliphatic rings. The number of carbonyl (C=O) groups is 1. The molecule has 60 valence electrons. The van der Waals surface area contributed by atoms with Crippen molar-refractivity contribution >= 4 is 58.0 Å². The fourth-order valence-corrected chi connectivity index (χ4v) is 0.806. The van der Waals surface area contributed by atoms with Crippen LogP contribution in [0.25, 0.3) is 0 Å². The zero-order chi connectivity index (χ0) is 5.82. The van der Waals surface area contributed by atoms with Crippen molar-refractivity contribution in [2.24, 2.45) is 0 Å². The van der Waals surface area contributed by atoms with Gasteiger partial charge in [-0.25, -0.2) is 0 Å². The molecule has 1 aliphatic heterocycles. The second kappa shape index (κ2) is 8.32. The van der Waals surface area contributed by atoms with Gasteiger partial charge >= 0.3 is 58.0 Å². The van der Waals surface area contributed by atoms with Gasteiger partial charge in [-0.3, -0.25) is 4.79 Å². The van der Waals surface area contributed by atoms with Crippen LogP contribution in [0, 0.1) is 0 Å². The van der Waals surface area contributed by atoms with Crippen LogP contribution >= 0.6 is 0 Å². The summed E-state index contributed by atoms with van der Waals surface area (Å²) < 4.78 is 4.76. The van der Waals surface area contributed by atoms with Crippen LogP contribution in [0.5, 0.6) is 0 Å². The molecule has 1 fully saturated rings. The average Bonchev–Trinajstić information content (AvgIpc) is 1.94. The monoisotopic (exact) mass is 444 g/mol. The van der Waals surface area contributed by atoms with Crippen LogP contribution in [-0.4, -0.2) is 64.6 Å². The number of cyclic esters (lactones) is 1. The van der Waals surface area contributed by atoms with Crippen LogP contribution in [0.2, 0.25) is 0 Å². The van der Waals surface area contributed by atoms with Gasteiger partial charge in [-0.05, 0) is 19.3 Å². The van der Waals surface area contributed by atoms with Crippen molar-refractivity contribution in [1.82, 2.24) is 0 Å². The molecule has 0 atom stereocenters. The molecule has 0 bridgehead atoms. The Bertz CT molecular complexity index is 87.7. The number of esters is 1. The predicted octanol–water partition coefficient (Wildman–Crippen LogP) is -1.26. The molecule has 0 unspecified atom stereocenters. The summed E-state index contributed by atoms with van der Waals surface area (Å²) in [5.74, 6) is -0.0255. The first-order valence-electron chi connectivity index (χ1n) is 3.05. The first kappa shape index (κ1) is 13.8. The van der Waals surface area contributed by atoms with E-state index in [4.69, 9.17) is 4.74 Å². The van der Waals surface area contributed by atoms with Gasteiger partial charge in [0.25, 0.3) is 0 Å². The van der Waals surface area contributed by atoms with Gasteiger partial charge in [0.1, 0.15) is 0 Å². The van der Waals surface area contributed by atoms with Crippen molar-refractivity contribution in [1.29, 1.82) is 0 Å². The summed E-state index contributed by atoms with van der Waals surface area (Å²) >= 11 is 0. The molecule has 0 radical (unpaired) electrons. The summed E-state index contributed by atoms with van der Waals surface area (Å²) in [6.45, 7) is 0.638. The molecule has 0 aromatic rings. The Morgan fingerprint density at radius 1 is 1.20 bits per heavy atom. The standard InChI is InChI=1S/C6H10O2.Bi.In.6H/c7-6-4-2-1-3-5-8-6;;;;;;;;/h1-5H2;;;;;;;;. The van der Waals surface area contributed by atoms with Crippen molar-refractivity contribution in [2.75, 3.05) is 6.61 Å². The summed E-state index contributed by atoms with van der Waals surface area (Å²) in [5, 5.41) is 0. The topological polar surface area (TPSA) is 26.3 Å². The molecular weight excluding hydrogens is 428 g/mol. The predicted molar refractivity (Wildman–Crippen MR) is 49.3 cm³/mol. The van der Waals surface area contributed by atoms with E-state index >= 15 is 0 Å². The zero-order valence-corrected chi connectivity index (χ0v) is 11.1. The van der Waals surface area contributed by atoms with E-state index in [1.54, 1.807) is 0 Å². The van der Waals surface area contributed by atoms with E-state index < -0.39 is 0 Å². The van der Waals surface area contributed by atoms with Crippen molar-refractivity contribution in [3.8, 4) is 0 Å². The third-order valence-corrected chi connectivity index (χ3v) is 1.29. The third-order valence-electron chi connectivity index (χ3n) is 1.29. The quantitative estimate of drug-likeness (QED) is 0.345. The van der Waals surface area contributed by atoms with E-state index in [-0.39, 0.29) is 58.0 Å². The Hall–Kier alpha value is 1.22. The van der Waals surface area contributed by atoms with E-state index in [9.17, 15) is 4.79 Å². The van der Waals surface area contributed by atoms with Crippen molar-refractivity contribution in [2.45, 2.75) is 25.7 Å². The van der Waals surface area contributed by atoms with Crippen molar-refractivity contribution < 1.29 is 9.53 Å². The van der Waals surface area contributed by atoms with E-state index in [0.717, 1.165) is 19.3 Å². The molecule has 0 aliphatic carbocycles. The molecule has 2 nitrogen and oxygen atoms in total. The summed E-state index contributed by atoms with van der Waals surface area (Å²) in [6, 6.07) is 0. The fraction of sp³-hybridized carbons (Fsp3) is 0.833. The Morgan fingerprint density at radius 3 is 2.60 bits per heavy atom. The third kappa shape index (κ3) is 5.97. The van der Waals surface area contributed by atoms with E-state index in [1.807, 2.05) is 0 Å². The maximum absolute atomic E-state index is 10.5. The molecule has 1 saturated heterocycles. The number of ether oxygens (including phenoxy) is 1. The van der Waals surface area contributed by atoms with Crippen LogP contribution in [-0.2, 0) is 9.53 Å². The van der Waals surface area contributed by atoms with Gasteiger partial charge in [-0.1, -0.05) is 0 Å². The summed E-state index contributed by atoms with van der Waals surface area (Å²) in [6.07, 6.45) is 3.83. The zero-order valence-electron chi connectivity index (χ0n) is 5.56. The Balaban J connectivity index is 0. The first-order chi connectivity index (χ1) is 3.89. The molecule has 1 rings (SSSR count). The Labute approximate surface area is 99.0 Å². The molecule has 10 heavy (non-hydrogen) atoms. The van der Waals surface area contributed by atoms with Crippen molar-refractivity contribution in [3.63, 3.8) is 0 Å². The van der Waals surface area contributed by atoms with Crippen molar-refractivity contribution in [3.05, 3.63) is 0 Å². The summed E-state index contributed by atoms with van der Waals surface area (Å²) in [7, 11) is 0.